The number of aromatic hydroxyl groups is 1. The Morgan fingerprint density at radius 2 is 1.92 bits per heavy atom. The molecule has 2 aromatic carbocycles. The molecule has 0 aliphatic carbocycles. The van der Waals surface area contributed by atoms with E-state index in [2.05, 4.69) is 16.4 Å². The van der Waals surface area contributed by atoms with Crippen LogP contribution in [-0.4, -0.2) is 27.9 Å². The van der Waals surface area contributed by atoms with Crippen LogP contribution in [0.3, 0.4) is 0 Å². The molecule has 0 bridgehead atoms. The van der Waals surface area contributed by atoms with Crippen molar-refractivity contribution < 1.29 is 19.5 Å². The van der Waals surface area contributed by atoms with Crippen molar-refractivity contribution in [3.63, 3.8) is 0 Å². The molecular weight excluding hydrogens is 490 g/mol. The molecule has 7 nitrogen and oxygen atoms in total. The molecule has 1 aromatic heterocycles. The Balaban J connectivity index is 1.72. The number of hydroxylamine groups is 1. The van der Waals surface area contributed by atoms with E-state index in [9.17, 15) is 14.7 Å². The number of carbonyl (C=O) groups excluding carboxylic acids is 2. The number of aromatic nitrogens is 1. The molecule has 2 N–H and O–H groups in total. The third kappa shape index (κ3) is 5.89. The molecule has 0 unspecified atom stereocenters. The van der Waals surface area contributed by atoms with Crippen LogP contribution in [0.25, 0.3) is 0 Å². The van der Waals surface area contributed by atoms with Crippen molar-refractivity contribution in [2.24, 2.45) is 0 Å². The summed E-state index contributed by atoms with van der Waals surface area (Å²) >= 11 is 6.11. The highest BCUT2D eigenvalue weighted by Crippen LogP contribution is 2.40. The second kappa shape index (κ2) is 12.0. The number of fused-ring (bicyclic) bond motifs is 1. The number of benzene rings is 2. The Labute approximate surface area is 220 Å². The third-order valence-corrected chi connectivity index (χ3v) is 6.10. The van der Waals surface area contributed by atoms with Gasteiger partial charge in [-0.05, 0) is 41.8 Å². The molecule has 4 rings (SSSR count). The van der Waals surface area contributed by atoms with Crippen molar-refractivity contribution in [3.8, 4) is 18.1 Å². The number of halogens is 1. The first-order valence-corrected chi connectivity index (χ1v) is 11.9. The van der Waals surface area contributed by atoms with Crippen LogP contribution >= 0.6 is 11.6 Å². The maximum absolute atomic E-state index is 13.7. The Kier molecular flexibility index (Phi) is 8.37. The van der Waals surface area contributed by atoms with Crippen LogP contribution < -0.4 is 10.4 Å². The number of hydrogen-bond acceptors (Lipinski definition) is 5. The van der Waals surface area contributed by atoms with Crippen LogP contribution in [0.1, 0.15) is 33.8 Å². The zero-order valence-corrected chi connectivity index (χ0v) is 20.5. The lowest BCUT2D eigenvalue weighted by Gasteiger charge is -2.40. The molecule has 0 saturated carbocycles. The minimum Gasteiger partial charge on any atom is -0.504 e. The van der Waals surface area contributed by atoms with Gasteiger partial charge in [0, 0.05) is 22.9 Å². The molecule has 3 aromatic rings. The first kappa shape index (κ1) is 25.7. The maximum atomic E-state index is 13.7. The second-order valence-electron chi connectivity index (χ2n) is 8.23. The van der Waals surface area contributed by atoms with Crippen molar-refractivity contribution in [1.29, 1.82) is 0 Å². The van der Waals surface area contributed by atoms with E-state index in [1.807, 2.05) is 30.3 Å². The van der Waals surface area contributed by atoms with Crippen molar-refractivity contribution in [2.75, 3.05) is 4.90 Å². The van der Waals surface area contributed by atoms with E-state index in [0.717, 1.165) is 5.56 Å². The van der Waals surface area contributed by atoms with Crippen LogP contribution in [0.5, 0.6) is 5.75 Å². The zero-order valence-electron chi connectivity index (χ0n) is 19.8. The van der Waals surface area contributed by atoms with E-state index < -0.39 is 17.9 Å². The SMILES string of the molecule is C#C/C=C(Cl)\C=C/C[C@H]1[C@H](C(=O)NOCc2ccccc2)c2ccccc2C(=O)N1c1ncccc1O. The average molecular weight is 514 g/mol. The predicted octanol–water partition coefficient (Wildman–Crippen LogP) is 4.85. The van der Waals surface area contributed by atoms with Gasteiger partial charge in [-0.1, -0.05) is 72.1 Å². The fourth-order valence-corrected chi connectivity index (χ4v) is 4.41. The zero-order chi connectivity index (χ0) is 26.2. The summed E-state index contributed by atoms with van der Waals surface area (Å²) in [6.07, 6.45) is 11.7. The van der Waals surface area contributed by atoms with Crippen LogP contribution in [0, 0.1) is 12.3 Å². The van der Waals surface area contributed by atoms with Gasteiger partial charge in [-0.3, -0.25) is 19.3 Å². The molecule has 2 amide bonds. The van der Waals surface area contributed by atoms with Crippen LogP contribution in [0.4, 0.5) is 5.82 Å². The maximum Gasteiger partial charge on any atom is 0.260 e. The molecule has 1 aliphatic rings. The summed E-state index contributed by atoms with van der Waals surface area (Å²) in [7, 11) is 0. The summed E-state index contributed by atoms with van der Waals surface area (Å²) < 4.78 is 0. The number of hydrogen-bond donors (Lipinski definition) is 2. The molecule has 0 spiro atoms. The standard InChI is InChI=1S/C29H24ClN3O4/c1-2-10-21(30)13-8-16-24-26(28(35)32-37-19-20-11-4-3-5-12-20)22-14-6-7-15-23(22)29(36)33(24)27-25(34)17-9-18-31-27/h1,3-15,17-18,24,26,34H,16,19H2,(H,32,35)/b13-8-,21-10+/t24-,26+/m0/s1. The number of anilines is 1. The van der Waals surface area contributed by atoms with Crippen molar-refractivity contribution >= 4 is 29.2 Å². The van der Waals surface area contributed by atoms with Gasteiger partial charge in [0.25, 0.3) is 11.8 Å². The van der Waals surface area contributed by atoms with Gasteiger partial charge < -0.3 is 5.11 Å². The summed E-state index contributed by atoms with van der Waals surface area (Å²) in [6, 6.07) is 18.5. The van der Waals surface area contributed by atoms with Gasteiger partial charge in [-0.25, -0.2) is 10.5 Å². The van der Waals surface area contributed by atoms with Gasteiger partial charge in [-0.15, -0.1) is 6.42 Å². The van der Waals surface area contributed by atoms with E-state index in [4.69, 9.17) is 22.9 Å². The van der Waals surface area contributed by atoms with Gasteiger partial charge in [-0.2, -0.15) is 0 Å². The molecule has 0 saturated heterocycles. The van der Waals surface area contributed by atoms with E-state index in [1.54, 1.807) is 42.5 Å². The largest absolute Gasteiger partial charge is 0.504 e. The molecule has 37 heavy (non-hydrogen) atoms. The molecule has 1 aliphatic heterocycles. The van der Waals surface area contributed by atoms with Gasteiger partial charge >= 0.3 is 0 Å². The predicted molar refractivity (Wildman–Crippen MR) is 142 cm³/mol. The molecule has 0 fully saturated rings. The Morgan fingerprint density at radius 3 is 2.68 bits per heavy atom. The van der Waals surface area contributed by atoms with Crippen LogP contribution in [-0.2, 0) is 16.2 Å². The summed E-state index contributed by atoms with van der Waals surface area (Å²) in [4.78, 5) is 38.4. The summed E-state index contributed by atoms with van der Waals surface area (Å²) in [5.74, 6) is 0.539. The highest BCUT2D eigenvalue weighted by Gasteiger charge is 2.44. The lowest BCUT2D eigenvalue weighted by Crippen LogP contribution is -2.52. The van der Waals surface area contributed by atoms with Crippen LogP contribution in [0.15, 0.2) is 96.2 Å². The van der Waals surface area contributed by atoms with Crippen LogP contribution in [0.2, 0.25) is 0 Å². The normalized spacial score (nSPS) is 17.4. The van der Waals surface area contributed by atoms with E-state index in [0.29, 0.717) is 16.2 Å². The fraction of sp³-hybridized carbons (Fsp3) is 0.138. The topological polar surface area (TPSA) is 91.8 Å². The second-order valence-corrected chi connectivity index (χ2v) is 8.66. The molecule has 186 valence electrons. The molecular formula is C29H24ClN3O4. The quantitative estimate of drug-likeness (QED) is 0.255. The summed E-state index contributed by atoms with van der Waals surface area (Å²) in [5.41, 5.74) is 4.31. The van der Waals surface area contributed by atoms with Crippen molar-refractivity contribution in [2.45, 2.75) is 25.0 Å². The average Bonchev–Trinajstić information content (AvgIpc) is 2.90. The summed E-state index contributed by atoms with van der Waals surface area (Å²) in [5, 5.41) is 10.9. The van der Waals surface area contributed by atoms with Gasteiger partial charge in [0.2, 0.25) is 0 Å². The van der Waals surface area contributed by atoms with Gasteiger partial charge in [0.15, 0.2) is 11.6 Å². The number of rotatable bonds is 8. The molecule has 0 radical (unpaired) electrons. The fourth-order valence-electron chi connectivity index (χ4n) is 4.26. The van der Waals surface area contributed by atoms with E-state index in [-0.39, 0.29) is 30.5 Å². The molecule has 8 heteroatoms. The number of pyridine rings is 1. The van der Waals surface area contributed by atoms with E-state index in [1.165, 1.54) is 23.2 Å². The number of nitrogens with zero attached hydrogens (tertiary/aromatic N) is 2. The Morgan fingerprint density at radius 1 is 1.16 bits per heavy atom. The molecule has 2 heterocycles. The minimum absolute atomic E-state index is 0.0497. The smallest absolute Gasteiger partial charge is 0.260 e. The Bertz CT molecular complexity index is 1380. The lowest BCUT2D eigenvalue weighted by atomic mass is 9.80. The first-order chi connectivity index (χ1) is 18.0. The third-order valence-electron chi connectivity index (χ3n) is 5.87. The Hall–Kier alpha value is -4.38. The van der Waals surface area contributed by atoms with E-state index >= 15 is 0 Å². The number of allylic oxidation sites excluding steroid dienone is 3. The van der Waals surface area contributed by atoms with Gasteiger partial charge in [0.1, 0.15) is 0 Å². The van der Waals surface area contributed by atoms with Gasteiger partial charge in [0.05, 0.1) is 18.6 Å². The van der Waals surface area contributed by atoms with Crippen molar-refractivity contribution in [3.05, 3.63) is 113 Å². The highest BCUT2D eigenvalue weighted by atomic mass is 35.5. The lowest BCUT2D eigenvalue weighted by molar-refractivity contribution is -0.136. The molecule has 2 atom stereocenters. The number of carbonyl (C=O) groups is 2. The number of terminal acetylenes is 1. The highest BCUT2D eigenvalue weighted by molar-refractivity contribution is 6.31. The first-order valence-electron chi connectivity index (χ1n) is 11.5. The minimum atomic E-state index is -0.842. The van der Waals surface area contributed by atoms with Crippen molar-refractivity contribution in [1.82, 2.24) is 10.5 Å². The number of amides is 2. The number of nitrogens with one attached hydrogen (secondary N) is 1. The monoisotopic (exact) mass is 513 g/mol. The summed E-state index contributed by atoms with van der Waals surface area (Å²) in [6.45, 7) is 0.168.